The third kappa shape index (κ3) is 1.46. The van der Waals surface area contributed by atoms with Crippen molar-refractivity contribution in [3.05, 3.63) is 78.4 Å². The lowest BCUT2D eigenvalue weighted by Crippen LogP contribution is -1.79. The summed E-state index contributed by atoms with van der Waals surface area (Å²) in [4.78, 5) is 0. The highest BCUT2D eigenvalue weighted by Crippen LogP contribution is 2.43. The molecule has 3 heterocycles. The Balaban J connectivity index is 1.86. The molecule has 0 aliphatic rings. The van der Waals surface area contributed by atoms with Crippen molar-refractivity contribution in [1.29, 1.82) is 0 Å². The number of fused-ring (bicyclic) bond motifs is 10. The minimum Gasteiger partial charge on any atom is -0.455 e. The lowest BCUT2D eigenvalue weighted by molar-refractivity contribution is 0.670. The Labute approximate surface area is 154 Å². The Kier molecular flexibility index (Phi) is 2.23. The van der Waals surface area contributed by atoms with Gasteiger partial charge in [0.1, 0.15) is 11.2 Å². The summed E-state index contributed by atoms with van der Waals surface area (Å²) in [6.07, 6.45) is 0. The molecule has 0 fully saturated rings. The molecule has 0 aliphatic carbocycles. The van der Waals surface area contributed by atoms with Gasteiger partial charge in [-0.05, 0) is 30.7 Å². The number of hydrogen-bond acceptors (Lipinski definition) is 1. The van der Waals surface area contributed by atoms with E-state index in [1.54, 1.807) is 0 Å². The maximum absolute atomic E-state index is 6.46. The molecule has 2 heteroatoms. The van der Waals surface area contributed by atoms with Gasteiger partial charge in [-0.25, -0.2) is 0 Å². The molecule has 3 aromatic heterocycles. The van der Waals surface area contributed by atoms with Crippen molar-refractivity contribution in [2.24, 2.45) is 0 Å². The molecule has 0 saturated heterocycles. The summed E-state index contributed by atoms with van der Waals surface area (Å²) >= 11 is 0. The smallest absolute Gasteiger partial charge is 0.145 e. The van der Waals surface area contributed by atoms with E-state index >= 15 is 0 Å². The molecule has 7 aromatic rings. The van der Waals surface area contributed by atoms with E-state index in [1.807, 2.05) is 0 Å². The molecule has 4 aromatic carbocycles. The van der Waals surface area contributed by atoms with E-state index in [4.69, 9.17) is 4.42 Å². The van der Waals surface area contributed by atoms with E-state index in [0.29, 0.717) is 0 Å². The van der Waals surface area contributed by atoms with Gasteiger partial charge in [-0.1, -0.05) is 54.6 Å². The van der Waals surface area contributed by atoms with Crippen LogP contribution in [0.5, 0.6) is 0 Å². The van der Waals surface area contributed by atoms with Crippen molar-refractivity contribution in [2.75, 3.05) is 0 Å². The van der Waals surface area contributed by atoms with Crippen LogP contribution in [0.2, 0.25) is 0 Å². The third-order valence-corrected chi connectivity index (χ3v) is 6.05. The second-order valence-corrected chi connectivity index (χ2v) is 7.44. The van der Waals surface area contributed by atoms with Gasteiger partial charge in [-0.15, -0.1) is 0 Å². The van der Waals surface area contributed by atoms with Gasteiger partial charge in [0.15, 0.2) is 0 Å². The van der Waals surface area contributed by atoms with E-state index in [2.05, 4.69) is 84.1 Å². The second kappa shape index (κ2) is 4.41. The van der Waals surface area contributed by atoms with Gasteiger partial charge < -0.3 is 8.82 Å². The summed E-state index contributed by atoms with van der Waals surface area (Å²) < 4.78 is 8.85. The Morgan fingerprint density at radius 1 is 0.593 bits per heavy atom. The molecule has 0 bridgehead atoms. The van der Waals surface area contributed by atoms with Gasteiger partial charge >= 0.3 is 0 Å². The first kappa shape index (κ1) is 13.7. The highest BCUT2D eigenvalue weighted by atomic mass is 16.3. The van der Waals surface area contributed by atoms with Crippen LogP contribution in [0.25, 0.3) is 60.0 Å². The first-order valence-corrected chi connectivity index (χ1v) is 9.31. The van der Waals surface area contributed by atoms with Crippen LogP contribution >= 0.6 is 0 Å². The molecule has 0 N–H and O–H groups in total. The fraction of sp³-hybridized carbons (Fsp3) is 0.0400. The summed E-state index contributed by atoms with van der Waals surface area (Å²) in [6.45, 7) is 2.11. The number of rotatable bonds is 0. The van der Waals surface area contributed by atoms with E-state index in [9.17, 15) is 0 Å². The van der Waals surface area contributed by atoms with Crippen molar-refractivity contribution in [1.82, 2.24) is 4.40 Å². The van der Waals surface area contributed by atoms with Gasteiger partial charge in [-0.2, -0.15) is 0 Å². The lowest BCUT2D eigenvalue weighted by Gasteiger charge is -1.98. The largest absolute Gasteiger partial charge is 0.455 e. The van der Waals surface area contributed by atoms with E-state index in [-0.39, 0.29) is 0 Å². The highest BCUT2D eigenvalue weighted by molar-refractivity contribution is 6.29. The van der Waals surface area contributed by atoms with Crippen molar-refractivity contribution in [3.63, 3.8) is 0 Å². The van der Waals surface area contributed by atoms with Crippen molar-refractivity contribution in [3.8, 4) is 0 Å². The topological polar surface area (TPSA) is 17.6 Å². The number of nitrogens with zero attached hydrogens (tertiary/aromatic N) is 1. The molecule has 126 valence electrons. The average Bonchev–Trinajstić information content (AvgIpc) is 3.34. The van der Waals surface area contributed by atoms with Crippen molar-refractivity contribution < 1.29 is 4.42 Å². The van der Waals surface area contributed by atoms with Crippen LogP contribution in [-0.2, 0) is 0 Å². The molecule has 0 atom stereocenters. The summed E-state index contributed by atoms with van der Waals surface area (Å²) in [5.74, 6) is 0. The van der Waals surface area contributed by atoms with E-state index < -0.39 is 0 Å². The highest BCUT2D eigenvalue weighted by Gasteiger charge is 2.20. The molecule has 0 amide bonds. The number of aryl methyl sites for hydroxylation is 1. The maximum Gasteiger partial charge on any atom is 0.145 e. The Bertz CT molecular complexity index is 1680. The van der Waals surface area contributed by atoms with Crippen molar-refractivity contribution >= 4 is 60.0 Å². The Morgan fingerprint density at radius 3 is 2.30 bits per heavy atom. The molecule has 0 unspecified atom stereocenters. The molecule has 0 aliphatic heterocycles. The second-order valence-electron chi connectivity index (χ2n) is 7.44. The first-order valence-electron chi connectivity index (χ1n) is 9.31. The number of para-hydroxylation sites is 3. The minimum atomic E-state index is 0.995. The Morgan fingerprint density at radius 2 is 1.33 bits per heavy atom. The summed E-state index contributed by atoms with van der Waals surface area (Å²) in [6, 6.07) is 26.1. The zero-order valence-electron chi connectivity index (χ0n) is 14.8. The quantitative estimate of drug-likeness (QED) is 0.288. The van der Waals surface area contributed by atoms with E-state index in [0.717, 1.165) is 11.2 Å². The van der Waals surface area contributed by atoms with Crippen LogP contribution in [0.1, 0.15) is 5.56 Å². The van der Waals surface area contributed by atoms with Crippen LogP contribution in [0, 0.1) is 6.92 Å². The average molecular weight is 345 g/mol. The van der Waals surface area contributed by atoms with E-state index in [1.165, 1.54) is 54.4 Å². The molecule has 0 radical (unpaired) electrons. The minimum absolute atomic E-state index is 0.995. The molecule has 0 spiro atoms. The third-order valence-electron chi connectivity index (χ3n) is 6.05. The van der Waals surface area contributed by atoms with Gasteiger partial charge in [-0.3, -0.25) is 0 Å². The fourth-order valence-electron chi connectivity index (χ4n) is 4.91. The number of aromatic nitrogens is 1. The molecule has 0 saturated carbocycles. The SMILES string of the molecule is Cc1cccc2c1oc1c2ccc2c1c1cccc3c4ccccc4n2c31. The molecule has 27 heavy (non-hydrogen) atoms. The molecule has 7 rings (SSSR count). The predicted molar refractivity (Wildman–Crippen MR) is 113 cm³/mol. The summed E-state index contributed by atoms with van der Waals surface area (Å²) in [5.41, 5.74) is 6.93. The lowest BCUT2D eigenvalue weighted by atomic mass is 10.0. The van der Waals surface area contributed by atoms with Crippen LogP contribution in [0.15, 0.2) is 77.2 Å². The van der Waals surface area contributed by atoms with Crippen LogP contribution in [0.3, 0.4) is 0 Å². The zero-order valence-corrected chi connectivity index (χ0v) is 14.8. The van der Waals surface area contributed by atoms with Crippen LogP contribution in [-0.4, -0.2) is 4.40 Å². The summed E-state index contributed by atoms with van der Waals surface area (Å²) in [7, 11) is 0. The monoisotopic (exact) mass is 345 g/mol. The molecule has 2 nitrogen and oxygen atoms in total. The van der Waals surface area contributed by atoms with Crippen LogP contribution < -0.4 is 0 Å². The number of hydrogen-bond donors (Lipinski definition) is 0. The maximum atomic E-state index is 6.46. The summed E-state index contributed by atoms with van der Waals surface area (Å²) in [5, 5.41) is 7.48. The zero-order chi connectivity index (χ0) is 17.7. The molecular formula is C25H15NO. The molecular weight excluding hydrogens is 330 g/mol. The normalized spacial score (nSPS) is 12.6. The van der Waals surface area contributed by atoms with Crippen molar-refractivity contribution in [2.45, 2.75) is 6.92 Å². The van der Waals surface area contributed by atoms with Gasteiger partial charge in [0, 0.05) is 26.9 Å². The van der Waals surface area contributed by atoms with Gasteiger partial charge in [0.2, 0.25) is 0 Å². The fourth-order valence-corrected chi connectivity index (χ4v) is 4.91. The first-order chi connectivity index (χ1) is 13.3. The van der Waals surface area contributed by atoms with Crippen LogP contribution in [0.4, 0.5) is 0 Å². The van der Waals surface area contributed by atoms with Gasteiger partial charge in [0.05, 0.1) is 21.9 Å². The Hall–Kier alpha value is -3.52. The predicted octanol–water partition coefficient (Wildman–Crippen LogP) is 7.04. The number of furan rings is 1. The number of benzene rings is 4. The van der Waals surface area contributed by atoms with Gasteiger partial charge in [0.25, 0.3) is 0 Å². The standard InChI is InChI=1S/C25H15NO/c1-14-6-4-9-17-18-12-13-21-22(25(18)27-24(14)17)19-10-5-8-16-15-7-2-3-11-20(15)26(21)23(16)19/h2-13H,1H3.